The molecule has 0 bridgehead atoms. The van der Waals surface area contributed by atoms with Crippen LogP contribution < -0.4 is 0 Å². The molecule has 0 saturated heterocycles. The minimum absolute atomic E-state index is 0.163. The Bertz CT molecular complexity index is 1060. The first-order valence-corrected chi connectivity index (χ1v) is 17.1. The highest BCUT2D eigenvalue weighted by Crippen LogP contribution is 2.61. The molecule has 0 aliphatic carbocycles. The number of phosphoric ester groups is 1. The molecular weight excluding hydrogens is 629 g/mol. The number of carbonyl (C=O) groups is 3. The summed E-state index contributed by atoms with van der Waals surface area (Å²) in [5.74, 6) is -2.01. The molecule has 0 amide bonds. The fourth-order valence-electron chi connectivity index (χ4n) is 4.42. The summed E-state index contributed by atoms with van der Waals surface area (Å²) in [6.07, 6.45) is -2.26. The van der Waals surface area contributed by atoms with Crippen molar-refractivity contribution in [3.8, 4) is 0 Å². The Morgan fingerprint density at radius 1 is 0.553 bits per heavy atom. The first-order valence-electron chi connectivity index (χ1n) is 15.7. The normalized spacial score (nSPS) is 18.9. The zero-order valence-electron chi connectivity index (χ0n) is 31.3. The number of phosphoric acid groups is 1. The van der Waals surface area contributed by atoms with Crippen LogP contribution in [0.2, 0.25) is 0 Å². The molecular formula is C33H60N3O10P. The number of hydrogen-bond acceptors (Lipinski definition) is 13. The maximum Gasteiger partial charge on any atom is 0.480 e. The van der Waals surface area contributed by atoms with E-state index in [1.165, 1.54) is 20.8 Å². The van der Waals surface area contributed by atoms with Gasteiger partial charge in [0, 0.05) is 16.7 Å². The molecule has 0 radical (unpaired) electrons. The molecule has 0 aliphatic heterocycles. The first kappa shape index (κ1) is 44.6. The molecule has 0 N–H and O–H groups in total. The molecule has 0 spiro atoms. The SMILES string of the molecule is C=C(C)C(=O)OC(CC)C(C)(OP(=O)(OC(C)(C(CC)OC(=O)C(=C)C)N(C)C)OC(C)(C(CC)OC(=O)C(=C)C)N(C)C)N(C)C. The molecule has 0 saturated carbocycles. The average molecular weight is 690 g/mol. The van der Waals surface area contributed by atoms with Crippen LogP contribution in [-0.4, -0.2) is 110 Å². The second-order valence-electron chi connectivity index (χ2n) is 12.8. The Morgan fingerprint density at radius 2 is 0.745 bits per heavy atom. The number of ether oxygens (including phenoxy) is 3. The lowest BCUT2D eigenvalue weighted by atomic mass is 10.1. The van der Waals surface area contributed by atoms with Crippen LogP contribution in [0.5, 0.6) is 0 Å². The van der Waals surface area contributed by atoms with Gasteiger partial charge < -0.3 is 14.2 Å². The van der Waals surface area contributed by atoms with Gasteiger partial charge >= 0.3 is 25.7 Å². The van der Waals surface area contributed by atoms with Crippen LogP contribution in [0.3, 0.4) is 0 Å². The molecule has 13 nitrogen and oxygen atoms in total. The van der Waals surface area contributed by atoms with E-state index in [2.05, 4.69) is 19.7 Å². The number of nitrogens with zero attached hydrogens (tertiary/aromatic N) is 3. The van der Waals surface area contributed by atoms with E-state index in [4.69, 9.17) is 27.8 Å². The van der Waals surface area contributed by atoms with E-state index >= 15 is 4.57 Å². The van der Waals surface area contributed by atoms with Crippen molar-refractivity contribution in [3.63, 3.8) is 0 Å². The van der Waals surface area contributed by atoms with Crippen LogP contribution in [-0.2, 0) is 46.7 Å². The van der Waals surface area contributed by atoms with Crippen LogP contribution in [0.1, 0.15) is 81.6 Å². The maximum atomic E-state index is 15.5. The number of carbonyl (C=O) groups excluding carboxylic acids is 3. The quantitative estimate of drug-likeness (QED) is 0.0482. The molecule has 0 aromatic heterocycles. The minimum atomic E-state index is -4.91. The predicted molar refractivity (Wildman–Crippen MR) is 182 cm³/mol. The molecule has 0 aromatic rings. The molecule has 0 aromatic carbocycles. The third kappa shape index (κ3) is 11.3. The van der Waals surface area contributed by atoms with Crippen molar-refractivity contribution < 1.29 is 46.7 Å². The van der Waals surface area contributed by atoms with Crippen molar-refractivity contribution in [3.05, 3.63) is 36.5 Å². The van der Waals surface area contributed by atoms with Gasteiger partial charge in [-0.2, -0.15) is 0 Å². The Labute approximate surface area is 282 Å². The molecule has 0 fully saturated rings. The van der Waals surface area contributed by atoms with Crippen LogP contribution in [0.25, 0.3) is 0 Å². The van der Waals surface area contributed by atoms with Crippen molar-refractivity contribution in [1.82, 2.24) is 14.7 Å². The first-order chi connectivity index (χ1) is 21.3. The maximum absolute atomic E-state index is 15.5. The zero-order chi connectivity index (χ0) is 37.3. The summed E-state index contributed by atoms with van der Waals surface area (Å²) in [5.41, 5.74) is -4.38. The van der Waals surface area contributed by atoms with Crippen molar-refractivity contribution >= 4 is 25.7 Å². The smallest absolute Gasteiger partial charge is 0.454 e. The summed E-state index contributed by atoms with van der Waals surface area (Å²) in [4.78, 5) is 42.9. The van der Waals surface area contributed by atoms with Gasteiger partial charge in [-0.3, -0.25) is 28.3 Å². The lowest BCUT2D eigenvalue weighted by Gasteiger charge is -2.49. The Hall–Kier alpha value is -2.38. The van der Waals surface area contributed by atoms with E-state index in [0.717, 1.165) is 0 Å². The Balaban J connectivity index is 7.64. The molecule has 272 valence electrons. The fourth-order valence-corrected chi connectivity index (χ4v) is 6.74. The highest BCUT2D eigenvalue weighted by molar-refractivity contribution is 7.48. The summed E-state index contributed by atoms with van der Waals surface area (Å²) in [6.45, 7) is 25.6. The highest BCUT2D eigenvalue weighted by atomic mass is 31.2. The third-order valence-electron chi connectivity index (χ3n) is 8.25. The van der Waals surface area contributed by atoms with E-state index in [9.17, 15) is 14.4 Å². The summed E-state index contributed by atoms with van der Waals surface area (Å²) in [7, 11) is 5.03. The van der Waals surface area contributed by atoms with Crippen LogP contribution in [0, 0.1) is 0 Å². The molecule has 47 heavy (non-hydrogen) atoms. The van der Waals surface area contributed by atoms with Gasteiger partial charge in [0.25, 0.3) is 0 Å². The van der Waals surface area contributed by atoms with E-state index in [1.54, 1.807) is 98.5 Å². The van der Waals surface area contributed by atoms with Crippen molar-refractivity contribution in [1.29, 1.82) is 0 Å². The lowest BCUT2D eigenvalue weighted by molar-refractivity contribution is -0.220. The monoisotopic (exact) mass is 689 g/mol. The van der Waals surface area contributed by atoms with Gasteiger partial charge in [-0.25, -0.2) is 18.9 Å². The van der Waals surface area contributed by atoms with Gasteiger partial charge in [0.15, 0.2) is 17.2 Å². The molecule has 6 atom stereocenters. The second-order valence-corrected chi connectivity index (χ2v) is 14.3. The predicted octanol–water partition coefficient (Wildman–Crippen LogP) is 5.67. The number of likely N-dealkylation sites (N-methyl/N-ethyl adjacent to an activating group) is 3. The molecule has 6 unspecified atom stereocenters. The summed E-state index contributed by atoms with van der Waals surface area (Å²) < 4.78 is 52.2. The van der Waals surface area contributed by atoms with Gasteiger partial charge in [0.2, 0.25) is 0 Å². The van der Waals surface area contributed by atoms with Gasteiger partial charge in [0.05, 0.1) is 0 Å². The lowest BCUT2D eigenvalue weighted by Crippen LogP contribution is -2.59. The van der Waals surface area contributed by atoms with E-state index < -0.39 is 61.2 Å². The van der Waals surface area contributed by atoms with Gasteiger partial charge in [-0.05, 0) is 103 Å². The zero-order valence-corrected chi connectivity index (χ0v) is 32.2. The second kappa shape index (κ2) is 17.9. The van der Waals surface area contributed by atoms with Crippen LogP contribution >= 0.6 is 7.82 Å². The molecule has 0 heterocycles. The number of rotatable bonds is 21. The number of esters is 3. The Morgan fingerprint density at radius 3 is 0.872 bits per heavy atom. The van der Waals surface area contributed by atoms with Gasteiger partial charge in [-0.1, -0.05) is 40.5 Å². The molecule has 14 heteroatoms. The molecule has 0 rings (SSSR count). The van der Waals surface area contributed by atoms with Crippen LogP contribution in [0.15, 0.2) is 36.5 Å². The minimum Gasteiger partial charge on any atom is -0.454 e. The van der Waals surface area contributed by atoms with Crippen molar-refractivity contribution in [2.45, 2.75) is 117 Å². The highest BCUT2D eigenvalue weighted by Gasteiger charge is 2.56. The van der Waals surface area contributed by atoms with Crippen molar-refractivity contribution in [2.24, 2.45) is 0 Å². The summed E-state index contributed by atoms with van der Waals surface area (Å²) in [5, 5.41) is 0. The third-order valence-corrected chi connectivity index (χ3v) is 10.0. The van der Waals surface area contributed by atoms with E-state index in [-0.39, 0.29) is 36.0 Å². The largest absolute Gasteiger partial charge is 0.480 e. The molecule has 0 aliphatic rings. The Kier molecular flexibility index (Phi) is 16.9. The standard InChI is InChI=1S/C33H60N3O10P/c1-19-25(41-28(37)22(4)5)31(10,34(13)14)44-47(40,45-32(11,35(15)16)26(20-2)42-29(38)23(6)7)46-33(12,36(17)18)27(21-3)43-30(39)24(8)9/h25-27H,4,6,8,19-21H2,1-3,5,7,9-18H3. The summed E-state index contributed by atoms with van der Waals surface area (Å²) >= 11 is 0. The summed E-state index contributed by atoms with van der Waals surface area (Å²) in [6, 6.07) is 0. The van der Waals surface area contributed by atoms with Gasteiger partial charge in [-0.15, -0.1) is 0 Å². The number of hydrogen-bond donors (Lipinski definition) is 0. The van der Waals surface area contributed by atoms with E-state index in [1.807, 2.05) is 0 Å². The van der Waals surface area contributed by atoms with Crippen molar-refractivity contribution in [2.75, 3.05) is 42.3 Å². The fraction of sp³-hybridized carbons (Fsp3) is 0.727. The van der Waals surface area contributed by atoms with E-state index in [0.29, 0.717) is 0 Å². The topological polar surface area (TPSA) is 133 Å². The van der Waals surface area contributed by atoms with Gasteiger partial charge in [0.1, 0.15) is 18.3 Å². The van der Waals surface area contributed by atoms with Crippen LogP contribution in [0.4, 0.5) is 0 Å². The average Bonchev–Trinajstić information content (AvgIpc) is 2.95.